The van der Waals surface area contributed by atoms with Crippen LogP contribution in [0.5, 0.6) is 23.0 Å². The Hall–Kier alpha value is -3.27. The first-order valence-electron chi connectivity index (χ1n) is 9.89. The molecule has 1 aliphatic carbocycles. The summed E-state index contributed by atoms with van der Waals surface area (Å²) in [4.78, 5) is 11.5. The van der Waals surface area contributed by atoms with Crippen LogP contribution in [0.25, 0.3) is 0 Å². The Morgan fingerprint density at radius 2 is 1.47 bits per heavy atom. The number of aliphatic hydroxyl groups is 1. The second-order valence-electron chi connectivity index (χ2n) is 7.33. The van der Waals surface area contributed by atoms with Gasteiger partial charge in [-0.05, 0) is 41.5 Å². The quantitative estimate of drug-likeness (QED) is 0.458. The van der Waals surface area contributed by atoms with Gasteiger partial charge < -0.3 is 39.4 Å². The Labute approximate surface area is 185 Å². The van der Waals surface area contributed by atoms with Crippen LogP contribution in [-0.2, 0) is 27.5 Å². The van der Waals surface area contributed by atoms with Gasteiger partial charge in [-0.2, -0.15) is 0 Å². The van der Waals surface area contributed by atoms with Crippen LogP contribution in [0.4, 0.5) is 0 Å². The number of carboxylic acid groups (broad SMARTS) is 1. The van der Waals surface area contributed by atoms with E-state index in [-0.39, 0.29) is 48.2 Å². The molecule has 0 radical (unpaired) electrons. The molecule has 172 valence electrons. The van der Waals surface area contributed by atoms with Crippen LogP contribution in [0.2, 0.25) is 0 Å². The molecule has 0 spiro atoms. The molecule has 0 unspecified atom stereocenters. The number of hydrogen-bond acceptors (Lipinski definition) is 8. The van der Waals surface area contributed by atoms with Crippen LogP contribution >= 0.6 is 0 Å². The van der Waals surface area contributed by atoms with Gasteiger partial charge in [0.05, 0.1) is 33.5 Å². The van der Waals surface area contributed by atoms with Gasteiger partial charge >= 0.3 is 5.97 Å². The summed E-state index contributed by atoms with van der Waals surface area (Å²) >= 11 is 0. The number of aliphatic hydroxyl groups excluding tert-OH is 1. The summed E-state index contributed by atoms with van der Waals surface area (Å²) < 4.78 is 22.0. The first kappa shape index (κ1) is 23.4. The van der Waals surface area contributed by atoms with Crippen molar-refractivity contribution in [1.82, 2.24) is 0 Å². The second-order valence-corrected chi connectivity index (χ2v) is 7.33. The molecular weight excluding hydrogens is 420 g/mol. The highest BCUT2D eigenvalue weighted by Crippen LogP contribution is 2.30. The largest absolute Gasteiger partial charge is 0.504 e. The van der Waals surface area contributed by atoms with Gasteiger partial charge in [0.15, 0.2) is 23.0 Å². The topological polar surface area (TPSA) is 135 Å². The van der Waals surface area contributed by atoms with Crippen molar-refractivity contribution in [3.63, 3.8) is 0 Å². The van der Waals surface area contributed by atoms with E-state index in [2.05, 4.69) is 0 Å². The SMILES string of the molecule is COc1cc(CO[C@H]2[C@H](O)CC(C(=O)O)=C[C@H]2OCc2ccc(O)c(OC)c2)ccc1O. The van der Waals surface area contributed by atoms with Crippen LogP contribution in [0.1, 0.15) is 17.5 Å². The maximum atomic E-state index is 11.5. The highest BCUT2D eigenvalue weighted by atomic mass is 16.5. The van der Waals surface area contributed by atoms with Crippen molar-refractivity contribution in [2.24, 2.45) is 0 Å². The molecule has 3 rings (SSSR count). The first-order chi connectivity index (χ1) is 15.3. The zero-order valence-electron chi connectivity index (χ0n) is 17.7. The molecule has 4 N–H and O–H groups in total. The number of benzene rings is 2. The van der Waals surface area contributed by atoms with Gasteiger partial charge in [0.25, 0.3) is 0 Å². The summed E-state index contributed by atoms with van der Waals surface area (Å²) in [5, 5.41) is 39.4. The van der Waals surface area contributed by atoms with Gasteiger partial charge in [-0.15, -0.1) is 0 Å². The summed E-state index contributed by atoms with van der Waals surface area (Å²) in [6.07, 6.45) is -1.38. The highest BCUT2D eigenvalue weighted by Gasteiger charge is 2.36. The Morgan fingerprint density at radius 1 is 0.938 bits per heavy atom. The third-order valence-electron chi connectivity index (χ3n) is 5.15. The monoisotopic (exact) mass is 446 g/mol. The predicted molar refractivity (Wildman–Crippen MR) is 113 cm³/mol. The molecule has 32 heavy (non-hydrogen) atoms. The van der Waals surface area contributed by atoms with Crippen LogP contribution in [0.3, 0.4) is 0 Å². The summed E-state index contributed by atoms with van der Waals surface area (Å²) in [5.41, 5.74) is 1.42. The van der Waals surface area contributed by atoms with Crippen LogP contribution in [0.15, 0.2) is 48.0 Å². The number of carboxylic acids is 1. The number of carbonyl (C=O) groups is 1. The molecule has 0 fully saturated rings. The smallest absolute Gasteiger partial charge is 0.331 e. The van der Waals surface area contributed by atoms with Crippen molar-refractivity contribution >= 4 is 5.97 Å². The molecule has 0 amide bonds. The lowest BCUT2D eigenvalue weighted by atomic mass is 9.92. The van der Waals surface area contributed by atoms with Crippen molar-refractivity contribution in [3.8, 4) is 23.0 Å². The standard InChI is InChI=1S/C23H26O9/c1-29-19-7-13(3-5-16(19)24)11-31-21-10-15(23(27)28)9-18(26)22(21)32-12-14-4-6-17(25)20(8-14)30-2/h3-8,10,18,21-22,24-26H,9,11-12H2,1-2H3,(H,27,28)/t18-,21-,22+/m1/s1. The van der Waals surface area contributed by atoms with E-state index in [1.165, 1.54) is 32.4 Å². The minimum absolute atomic E-state index is 0.00600. The fraction of sp³-hybridized carbons (Fsp3) is 0.348. The second kappa shape index (κ2) is 10.4. The highest BCUT2D eigenvalue weighted by molar-refractivity contribution is 5.87. The molecule has 1 aliphatic rings. The van der Waals surface area contributed by atoms with Crippen molar-refractivity contribution < 1.29 is 44.2 Å². The minimum Gasteiger partial charge on any atom is -0.504 e. The summed E-state index contributed by atoms with van der Waals surface area (Å²) in [7, 11) is 2.87. The zero-order chi connectivity index (χ0) is 23.3. The van der Waals surface area contributed by atoms with E-state index in [4.69, 9.17) is 18.9 Å². The number of aliphatic carboxylic acids is 1. The summed E-state index contributed by atoms with van der Waals surface area (Å²) in [5.74, 6) is -0.579. The fourth-order valence-electron chi connectivity index (χ4n) is 3.44. The molecule has 0 aromatic heterocycles. The lowest BCUT2D eigenvalue weighted by Crippen LogP contribution is -2.44. The maximum absolute atomic E-state index is 11.5. The van der Waals surface area contributed by atoms with E-state index >= 15 is 0 Å². The van der Waals surface area contributed by atoms with Crippen molar-refractivity contribution in [2.75, 3.05) is 14.2 Å². The molecule has 0 heterocycles. The number of aromatic hydroxyl groups is 2. The summed E-state index contributed by atoms with van der Waals surface area (Å²) in [6.45, 7) is 0.159. The lowest BCUT2D eigenvalue weighted by Gasteiger charge is -2.33. The van der Waals surface area contributed by atoms with Gasteiger partial charge in [-0.25, -0.2) is 4.79 Å². The number of phenolic OH excluding ortho intramolecular Hbond substituents is 2. The lowest BCUT2D eigenvalue weighted by molar-refractivity contribution is -0.138. The molecule has 9 heteroatoms. The van der Waals surface area contributed by atoms with E-state index in [1.807, 2.05) is 0 Å². The van der Waals surface area contributed by atoms with Gasteiger partial charge in [0.2, 0.25) is 0 Å². The van der Waals surface area contributed by atoms with Crippen molar-refractivity contribution in [1.29, 1.82) is 0 Å². The maximum Gasteiger partial charge on any atom is 0.331 e. The Balaban J connectivity index is 1.75. The Morgan fingerprint density at radius 3 is 1.97 bits per heavy atom. The fourth-order valence-corrected chi connectivity index (χ4v) is 3.44. The van der Waals surface area contributed by atoms with Gasteiger partial charge in [-0.1, -0.05) is 12.1 Å². The van der Waals surface area contributed by atoms with Crippen LogP contribution in [0, 0.1) is 0 Å². The Kier molecular flexibility index (Phi) is 7.57. The Bertz CT molecular complexity index is 985. The normalized spacial score (nSPS) is 20.5. The molecule has 2 aromatic rings. The van der Waals surface area contributed by atoms with Crippen molar-refractivity contribution in [3.05, 3.63) is 59.2 Å². The van der Waals surface area contributed by atoms with E-state index in [9.17, 15) is 25.2 Å². The number of methoxy groups -OCH3 is 2. The number of rotatable bonds is 9. The van der Waals surface area contributed by atoms with Crippen molar-refractivity contribution in [2.45, 2.75) is 37.9 Å². The van der Waals surface area contributed by atoms with Crippen LogP contribution in [-0.4, -0.2) is 58.9 Å². The van der Waals surface area contributed by atoms with E-state index in [0.29, 0.717) is 11.1 Å². The first-order valence-corrected chi connectivity index (χ1v) is 9.89. The van der Waals surface area contributed by atoms with E-state index in [0.717, 1.165) is 0 Å². The third-order valence-corrected chi connectivity index (χ3v) is 5.15. The average molecular weight is 446 g/mol. The molecule has 0 saturated heterocycles. The third kappa shape index (κ3) is 5.50. The molecule has 0 bridgehead atoms. The molecule has 2 aromatic carbocycles. The predicted octanol–water partition coefficient (Wildman–Crippen LogP) is 2.36. The number of phenols is 2. The minimum atomic E-state index is -1.13. The van der Waals surface area contributed by atoms with Gasteiger partial charge in [0, 0.05) is 12.0 Å². The summed E-state index contributed by atoms with van der Waals surface area (Å²) in [6, 6.07) is 9.47. The number of ether oxygens (including phenoxy) is 4. The zero-order valence-corrected chi connectivity index (χ0v) is 17.7. The van der Waals surface area contributed by atoms with Gasteiger partial charge in [0.1, 0.15) is 12.2 Å². The molecule has 9 nitrogen and oxygen atoms in total. The number of hydrogen-bond donors (Lipinski definition) is 4. The average Bonchev–Trinajstić information content (AvgIpc) is 2.78. The molecule has 3 atom stereocenters. The molecule has 0 saturated carbocycles. The van der Waals surface area contributed by atoms with Gasteiger partial charge in [-0.3, -0.25) is 0 Å². The van der Waals surface area contributed by atoms with E-state index < -0.39 is 24.3 Å². The van der Waals surface area contributed by atoms with E-state index in [1.54, 1.807) is 24.3 Å². The molecular formula is C23H26O9. The molecule has 0 aliphatic heterocycles. The van der Waals surface area contributed by atoms with Crippen LogP contribution < -0.4 is 9.47 Å².